The molecule has 2 amide bonds. The SMILES string of the molecule is C=CC(=O)N(CC(N)=O)C1CC1. The number of rotatable bonds is 4. The van der Waals surface area contributed by atoms with Gasteiger partial charge >= 0.3 is 0 Å². The fourth-order valence-electron chi connectivity index (χ4n) is 1.06. The van der Waals surface area contributed by atoms with E-state index in [0.29, 0.717) is 0 Å². The van der Waals surface area contributed by atoms with Crippen molar-refractivity contribution in [1.29, 1.82) is 0 Å². The number of hydrogen-bond acceptors (Lipinski definition) is 2. The van der Waals surface area contributed by atoms with Crippen molar-refractivity contribution in [3.63, 3.8) is 0 Å². The molecular formula is C8H12N2O2. The van der Waals surface area contributed by atoms with Crippen LogP contribution in [0.25, 0.3) is 0 Å². The molecule has 66 valence electrons. The van der Waals surface area contributed by atoms with Crippen LogP contribution >= 0.6 is 0 Å². The van der Waals surface area contributed by atoms with Gasteiger partial charge in [-0.15, -0.1) is 0 Å². The minimum absolute atomic E-state index is 0.00944. The highest BCUT2D eigenvalue weighted by Gasteiger charge is 2.31. The van der Waals surface area contributed by atoms with Gasteiger partial charge in [0.05, 0.1) is 6.54 Å². The fraction of sp³-hybridized carbons (Fsp3) is 0.500. The Bertz CT molecular complexity index is 221. The minimum atomic E-state index is -0.475. The minimum Gasteiger partial charge on any atom is -0.368 e. The van der Waals surface area contributed by atoms with E-state index in [0.717, 1.165) is 12.8 Å². The van der Waals surface area contributed by atoms with Gasteiger partial charge in [-0.25, -0.2) is 0 Å². The second-order valence-corrected chi connectivity index (χ2v) is 2.87. The van der Waals surface area contributed by atoms with Crippen LogP contribution in [0.1, 0.15) is 12.8 Å². The Kier molecular flexibility index (Phi) is 2.47. The summed E-state index contributed by atoms with van der Waals surface area (Å²) in [6.07, 6.45) is 3.14. The molecule has 1 rings (SSSR count). The molecule has 2 N–H and O–H groups in total. The third-order valence-corrected chi connectivity index (χ3v) is 1.77. The monoisotopic (exact) mass is 168 g/mol. The number of nitrogens with zero attached hydrogens (tertiary/aromatic N) is 1. The molecule has 0 aromatic rings. The van der Waals surface area contributed by atoms with E-state index in [1.54, 1.807) is 0 Å². The van der Waals surface area contributed by atoms with Crippen LogP contribution in [0.3, 0.4) is 0 Å². The zero-order valence-electron chi connectivity index (χ0n) is 6.82. The molecule has 12 heavy (non-hydrogen) atoms. The number of carbonyl (C=O) groups is 2. The maximum absolute atomic E-state index is 11.1. The van der Waals surface area contributed by atoms with Crippen LogP contribution in [0.4, 0.5) is 0 Å². The molecule has 0 aromatic heterocycles. The van der Waals surface area contributed by atoms with Crippen molar-refractivity contribution in [1.82, 2.24) is 4.90 Å². The maximum atomic E-state index is 11.1. The lowest BCUT2D eigenvalue weighted by Gasteiger charge is -2.18. The van der Waals surface area contributed by atoms with Crippen molar-refractivity contribution in [3.05, 3.63) is 12.7 Å². The van der Waals surface area contributed by atoms with E-state index < -0.39 is 5.91 Å². The molecule has 0 unspecified atom stereocenters. The lowest BCUT2D eigenvalue weighted by molar-refractivity contribution is -0.131. The smallest absolute Gasteiger partial charge is 0.246 e. The molecule has 1 saturated carbocycles. The van der Waals surface area contributed by atoms with Gasteiger partial charge in [0.15, 0.2) is 0 Å². The lowest BCUT2D eigenvalue weighted by Crippen LogP contribution is -2.38. The molecule has 1 aliphatic rings. The summed E-state index contributed by atoms with van der Waals surface area (Å²) in [7, 11) is 0. The van der Waals surface area contributed by atoms with Crippen LogP contribution in [-0.2, 0) is 9.59 Å². The van der Waals surface area contributed by atoms with Crippen molar-refractivity contribution in [2.45, 2.75) is 18.9 Å². The van der Waals surface area contributed by atoms with Crippen molar-refractivity contribution in [2.75, 3.05) is 6.54 Å². The van der Waals surface area contributed by atoms with Gasteiger partial charge in [-0.3, -0.25) is 9.59 Å². The Hall–Kier alpha value is -1.32. The molecule has 1 fully saturated rings. The van der Waals surface area contributed by atoms with Gasteiger partial charge < -0.3 is 10.6 Å². The van der Waals surface area contributed by atoms with Gasteiger partial charge in [0.2, 0.25) is 11.8 Å². The summed E-state index contributed by atoms with van der Waals surface area (Å²) in [5.74, 6) is -0.687. The largest absolute Gasteiger partial charge is 0.368 e. The second kappa shape index (κ2) is 3.38. The van der Waals surface area contributed by atoms with Crippen molar-refractivity contribution in [2.24, 2.45) is 5.73 Å². The summed E-state index contributed by atoms with van der Waals surface area (Å²) < 4.78 is 0. The first kappa shape index (κ1) is 8.77. The van der Waals surface area contributed by atoms with Crippen LogP contribution in [0.15, 0.2) is 12.7 Å². The van der Waals surface area contributed by atoms with Crippen molar-refractivity contribution in [3.8, 4) is 0 Å². The summed E-state index contributed by atoms with van der Waals surface area (Å²) in [5, 5.41) is 0. The van der Waals surface area contributed by atoms with Crippen LogP contribution in [0.2, 0.25) is 0 Å². The van der Waals surface area contributed by atoms with Crippen LogP contribution in [0, 0.1) is 0 Å². The van der Waals surface area contributed by atoms with E-state index in [9.17, 15) is 9.59 Å². The van der Waals surface area contributed by atoms with Crippen LogP contribution in [-0.4, -0.2) is 29.3 Å². The van der Waals surface area contributed by atoms with E-state index in [1.165, 1.54) is 11.0 Å². The van der Waals surface area contributed by atoms with Crippen LogP contribution in [0.5, 0.6) is 0 Å². The molecule has 0 aliphatic heterocycles. The molecular weight excluding hydrogens is 156 g/mol. The zero-order chi connectivity index (χ0) is 9.14. The van der Waals surface area contributed by atoms with E-state index in [-0.39, 0.29) is 18.5 Å². The van der Waals surface area contributed by atoms with Gasteiger partial charge in [-0.1, -0.05) is 6.58 Å². The van der Waals surface area contributed by atoms with Crippen molar-refractivity contribution < 1.29 is 9.59 Å². The molecule has 0 bridgehead atoms. The molecule has 0 atom stereocenters. The fourth-order valence-corrected chi connectivity index (χ4v) is 1.06. The van der Waals surface area contributed by atoms with Crippen molar-refractivity contribution >= 4 is 11.8 Å². The highest BCUT2D eigenvalue weighted by Crippen LogP contribution is 2.26. The van der Waals surface area contributed by atoms with E-state index in [2.05, 4.69) is 6.58 Å². The molecule has 0 saturated heterocycles. The number of primary amides is 1. The topological polar surface area (TPSA) is 63.4 Å². The van der Waals surface area contributed by atoms with Gasteiger partial charge in [-0.05, 0) is 18.9 Å². The first-order chi connectivity index (χ1) is 5.65. The van der Waals surface area contributed by atoms with Crippen LogP contribution < -0.4 is 5.73 Å². The standard InChI is InChI=1S/C8H12N2O2/c1-2-8(12)10(5-7(9)11)6-3-4-6/h2,6H,1,3-5H2,(H2,9,11). The molecule has 0 heterocycles. The average Bonchev–Trinajstić information content (AvgIpc) is 2.81. The molecule has 0 radical (unpaired) electrons. The summed E-state index contributed by atoms with van der Waals surface area (Å²) in [6, 6.07) is 0.211. The quantitative estimate of drug-likeness (QED) is 0.583. The summed E-state index contributed by atoms with van der Waals surface area (Å²) in [4.78, 5) is 23.2. The Morgan fingerprint density at radius 2 is 2.17 bits per heavy atom. The van der Waals surface area contributed by atoms with E-state index in [1.807, 2.05) is 0 Å². The number of nitrogens with two attached hydrogens (primary N) is 1. The van der Waals surface area contributed by atoms with Gasteiger partial charge in [0.1, 0.15) is 0 Å². The Morgan fingerprint density at radius 3 is 2.50 bits per heavy atom. The van der Waals surface area contributed by atoms with E-state index >= 15 is 0 Å². The third kappa shape index (κ3) is 2.08. The Morgan fingerprint density at radius 1 is 1.58 bits per heavy atom. The summed E-state index contributed by atoms with van der Waals surface area (Å²) in [5.41, 5.74) is 4.98. The third-order valence-electron chi connectivity index (χ3n) is 1.77. The first-order valence-corrected chi connectivity index (χ1v) is 3.86. The molecule has 0 spiro atoms. The lowest BCUT2D eigenvalue weighted by atomic mass is 10.4. The predicted octanol–water partition coefficient (Wildman–Crippen LogP) is -0.351. The van der Waals surface area contributed by atoms with Gasteiger partial charge in [0.25, 0.3) is 0 Å². The predicted molar refractivity (Wildman–Crippen MR) is 44.1 cm³/mol. The highest BCUT2D eigenvalue weighted by molar-refractivity contribution is 5.91. The van der Waals surface area contributed by atoms with Gasteiger partial charge in [-0.2, -0.15) is 0 Å². The highest BCUT2D eigenvalue weighted by atomic mass is 16.2. The summed E-state index contributed by atoms with van der Waals surface area (Å²) >= 11 is 0. The van der Waals surface area contributed by atoms with Gasteiger partial charge in [0, 0.05) is 6.04 Å². The number of carbonyl (C=O) groups excluding carboxylic acids is 2. The normalized spacial score (nSPS) is 15.3. The molecule has 4 heteroatoms. The first-order valence-electron chi connectivity index (χ1n) is 3.86. The summed E-state index contributed by atoms with van der Waals surface area (Å²) in [6.45, 7) is 3.37. The average molecular weight is 168 g/mol. The number of amides is 2. The molecule has 4 nitrogen and oxygen atoms in total. The molecule has 1 aliphatic carbocycles. The zero-order valence-corrected chi connectivity index (χ0v) is 6.82. The molecule has 0 aromatic carbocycles. The Balaban J connectivity index is 2.53. The maximum Gasteiger partial charge on any atom is 0.246 e. The number of hydrogen-bond donors (Lipinski definition) is 1. The Labute approximate surface area is 71.0 Å². The second-order valence-electron chi connectivity index (χ2n) is 2.87. The van der Waals surface area contributed by atoms with E-state index in [4.69, 9.17) is 5.73 Å².